The predicted octanol–water partition coefficient (Wildman–Crippen LogP) is 3.57. The Labute approximate surface area is 156 Å². The second-order valence-electron chi connectivity index (χ2n) is 6.68. The van der Waals surface area contributed by atoms with E-state index in [9.17, 15) is 4.79 Å². The maximum atomic E-state index is 12.7. The van der Waals surface area contributed by atoms with Crippen molar-refractivity contribution in [3.8, 4) is 0 Å². The minimum absolute atomic E-state index is 0.0532. The van der Waals surface area contributed by atoms with Crippen molar-refractivity contribution in [2.75, 3.05) is 13.6 Å². The Hall–Kier alpha value is -2.44. The van der Waals surface area contributed by atoms with Gasteiger partial charge in [-0.25, -0.2) is 0 Å². The maximum Gasteiger partial charge on any atom is 0.276 e. The molecular formula is C20H21N3O2S. The lowest BCUT2D eigenvalue weighted by molar-refractivity contribution is 0.0725. The highest BCUT2D eigenvalue weighted by atomic mass is 32.1. The van der Waals surface area contributed by atoms with Crippen LogP contribution in [-0.4, -0.2) is 34.5 Å². The molecule has 0 N–H and O–H groups in total. The Morgan fingerprint density at radius 3 is 2.96 bits per heavy atom. The number of hydrogen-bond acceptors (Lipinski definition) is 5. The van der Waals surface area contributed by atoms with Crippen LogP contribution in [0.1, 0.15) is 32.3 Å². The van der Waals surface area contributed by atoms with Crippen LogP contribution >= 0.6 is 11.3 Å². The molecule has 1 aromatic carbocycles. The lowest BCUT2D eigenvalue weighted by Gasteiger charge is -2.26. The topological polar surface area (TPSA) is 49.6 Å². The predicted molar refractivity (Wildman–Crippen MR) is 101 cm³/mol. The quantitative estimate of drug-likeness (QED) is 0.692. The summed E-state index contributed by atoms with van der Waals surface area (Å²) in [4.78, 5) is 18.1. The summed E-state index contributed by atoms with van der Waals surface area (Å²) in [5.74, 6) is 0.655. The molecule has 5 nitrogen and oxygen atoms in total. The monoisotopic (exact) mass is 367 g/mol. The molecule has 0 unspecified atom stereocenters. The first-order valence-electron chi connectivity index (χ1n) is 8.71. The molecule has 0 aliphatic carbocycles. The molecule has 3 aromatic rings. The largest absolute Gasteiger partial charge is 0.359 e. The van der Waals surface area contributed by atoms with Crippen LogP contribution < -0.4 is 0 Å². The minimum atomic E-state index is -0.0532. The molecule has 4 rings (SSSR count). The highest BCUT2D eigenvalue weighted by Gasteiger charge is 2.25. The third kappa shape index (κ3) is 3.71. The van der Waals surface area contributed by atoms with Crippen molar-refractivity contribution in [2.24, 2.45) is 0 Å². The first-order valence-corrected chi connectivity index (χ1v) is 9.59. The Bertz CT molecular complexity index is 887. The summed E-state index contributed by atoms with van der Waals surface area (Å²) in [7, 11) is 2.03. The summed E-state index contributed by atoms with van der Waals surface area (Å²) < 4.78 is 5.40. The Kier molecular flexibility index (Phi) is 4.86. The molecule has 1 aliphatic heterocycles. The average molecular weight is 367 g/mol. The zero-order valence-electron chi connectivity index (χ0n) is 14.7. The highest BCUT2D eigenvalue weighted by molar-refractivity contribution is 7.10. The van der Waals surface area contributed by atoms with Gasteiger partial charge in [0.05, 0.1) is 6.54 Å². The highest BCUT2D eigenvalue weighted by Crippen LogP contribution is 2.25. The Balaban J connectivity index is 1.37. The number of amides is 1. The number of nitrogens with zero attached hydrogens (tertiary/aromatic N) is 3. The van der Waals surface area contributed by atoms with Gasteiger partial charge in [0.25, 0.3) is 5.91 Å². The Morgan fingerprint density at radius 1 is 1.27 bits per heavy atom. The van der Waals surface area contributed by atoms with E-state index >= 15 is 0 Å². The number of thiophene rings is 1. The summed E-state index contributed by atoms with van der Waals surface area (Å²) in [5, 5.41) is 6.10. The number of aromatic nitrogens is 1. The second kappa shape index (κ2) is 7.43. The molecule has 0 spiro atoms. The van der Waals surface area contributed by atoms with Gasteiger partial charge < -0.3 is 9.42 Å². The zero-order chi connectivity index (χ0) is 17.9. The van der Waals surface area contributed by atoms with Crippen LogP contribution in [0.2, 0.25) is 0 Å². The second-order valence-corrected chi connectivity index (χ2v) is 7.68. The van der Waals surface area contributed by atoms with E-state index < -0.39 is 0 Å². The molecule has 1 amide bonds. The standard InChI is InChI=1S/C20H21N3O2S/c1-22(12-15-5-3-2-4-6-15)14-17-11-18(21-25-17)20(24)23-9-7-19-16(13-23)8-10-26-19/h2-6,8,10-11H,7,9,12-14H2,1H3. The molecule has 0 saturated carbocycles. The first kappa shape index (κ1) is 17.0. The summed E-state index contributed by atoms with van der Waals surface area (Å²) in [6.45, 7) is 2.83. The summed E-state index contributed by atoms with van der Waals surface area (Å²) in [6.07, 6.45) is 0.920. The fraction of sp³-hybridized carbons (Fsp3) is 0.300. The fourth-order valence-electron chi connectivity index (χ4n) is 3.29. The summed E-state index contributed by atoms with van der Waals surface area (Å²) in [5.41, 5.74) is 2.89. The van der Waals surface area contributed by atoms with Crippen LogP contribution in [0.15, 0.2) is 52.4 Å². The fourth-order valence-corrected chi connectivity index (χ4v) is 4.18. The molecule has 0 bridgehead atoms. The van der Waals surface area contributed by atoms with E-state index in [4.69, 9.17) is 4.52 Å². The third-order valence-electron chi connectivity index (χ3n) is 4.59. The molecule has 0 saturated heterocycles. The molecule has 6 heteroatoms. The number of carbonyl (C=O) groups excluding carboxylic acids is 1. The molecule has 0 atom stereocenters. The van der Waals surface area contributed by atoms with Crippen molar-refractivity contribution < 1.29 is 9.32 Å². The van der Waals surface area contributed by atoms with Crippen molar-refractivity contribution in [3.63, 3.8) is 0 Å². The Morgan fingerprint density at radius 2 is 2.12 bits per heavy atom. The molecular weight excluding hydrogens is 346 g/mol. The molecule has 0 radical (unpaired) electrons. The minimum Gasteiger partial charge on any atom is -0.359 e. The maximum absolute atomic E-state index is 12.7. The van der Waals surface area contributed by atoms with Gasteiger partial charge in [-0.3, -0.25) is 9.69 Å². The van der Waals surface area contributed by atoms with Crippen LogP contribution in [-0.2, 0) is 26.1 Å². The molecule has 3 heterocycles. The van der Waals surface area contributed by atoms with Crippen molar-refractivity contribution in [2.45, 2.75) is 26.1 Å². The molecule has 134 valence electrons. The number of benzene rings is 1. The van der Waals surface area contributed by atoms with Gasteiger partial charge in [-0.1, -0.05) is 35.5 Å². The number of fused-ring (bicyclic) bond motifs is 1. The van der Waals surface area contributed by atoms with Crippen molar-refractivity contribution in [3.05, 3.63) is 75.3 Å². The van der Waals surface area contributed by atoms with E-state index in [1.54, 1.807) is 17.4 Å². The van der Waals surface area contributed by atoms with E-state index in [2.05, 4.69) is 33.6 Å². The lowest BCUT2D eigenvalue weighted by Crippen LogP contribution is -2.35. The average Bonchev–Trinajstić information content (AvgIpc) is 3.30. The summed E-state index contributed by atoms with van der Waals surface area (Å²) >= 11 is 1.77. The smallest absolute Gasteiger partial charge is 0.276 e. The molecule has 2 aromatic heterocycles. The van der Waals surface area contributed by atoms with Gasteiger partial charge in [0.1, 0.15) is 0 Å². The van der Waals surface area contributed by atoms with Gasteiger partial charge in [0.2, 0.25) is 0 Å². The van der Waals surface area contributed by atoms with Crippen molar-refractivity contribution in [1.29, 1.82) is 0 Å². The van der Waals surface area contributed by atoms with Gasteiger partial charge in [-0.15, -0.1) is 11.3 Å². The van der Waals surface area contributed by atoms with E-state index in [-0.39, 0.29) is 5.91 Å². The van der Waals surface area contributed by atoms with Gasteiger partial charge in [-0.05, 0) is 36.0 Å². The van der Waals surface area contributed by atoms with Crippen LogP contribution in [0.4, 0.5) is 0 Å². The molecule has 1 aliphatic rings. The number of rotatable bonds is 5. The van der Waals surface area contributed by atoms with Crippen LogP contribution in [0.25, 0.3) is 0 Å². The van der Waals surface area contributed by atoms with Crippen LogP contribution in [0, 0.1) is 0 Å². The van der Waals surface area contributed by atoms with Crippen LogP contribution in [0.3, 0.4) is 0 Å². The van der Waals surface area contributed by atoms with Crippen molar-refractivity contribution in [1.82, 2.24) is 15.0 Å². The molecule has 26 heavy (non-hydrogen) atoms. The van der Waals surface area contributed by atoms with Gasteiger partial charge >= 0.3 is 0 Å². The van der Waals surface area contributed by atoms with Crippen molar-refractivity contribution >= 4 is 17.2 Å². The normalized spacial score (nSPS) is 13.8. The van der Waals surface area contributed by atoms with E-state index in [0.717, 1.165) is 19.5 Å². The van der Waals surface area contributed by atoms with Crippen LogP contribution in [0.5, 0.6) is 0 Å². The van der Waals surface area contributed by atoms with E-state index in [1.807, 2.05) is 30.1 Å². The van der Waals surface area contributed by atoms with Gasteiger partial charge in [0.15, 0.2) is 11.5 Å². The third-order valence-corrected chi connectivity index (χ3v) is 5.62. The SMILES string of the molecule is CN(Cc1ccccc1)Cc1cc(C(=O)N2CCc3sccc3C2)no1. The van der Waals surface area contributed by atoms with E-state index in [0.29, 0.717) is 24.5 Å². The lowest BCUT2D eigenvalue weighted by atomic mass is 10.1. The van der Waals surface area contributed by atoms with Gasteiger partial charge in [0, 0.05) is 30.6 Å². The first-order chi connectivity index (χ1) is 12.7. The number of hydrogen-bond donors (Lipinski definition) is 0. The summed E-state index contributed by atoms with van der Waals surface area (Å²) in [6, 6.07) is 14.1. The number of carbonyl (C=O) groups is 1. The molecule has 0 fully saturated rings. The zero-order valence-corrected chi connectivity index (χ0v) is 15.5. The van der Waals surface area contributed by atoms with Gasteiger partial charge in [-0.2, -0.15) is 0 Å². The van der Waals surface area contributed by atoms with E-state index in [1.165, 1.54) is 16.0 Å².